The molecule has 1 aliphatic heterocycles. The molecule has 6 nitrogen and oxygen atoms in total. The first kappa shape index (κ1) is 33.5. The van der Waals surface area contributed by atoms with E-state index >= 15 is 0 Å². The maximum absolute atomic E-state index is 11.7. The molecule has 2 aromatic rings. The molecule has 1 aliphatic rings. The highest BCUT2D eigenvalue weighted by molar-refractivity contribution is 6.86. The van der Waals surface area contributed by atoms with Gasteiger partial charge in [-0.25, -0.2) is 0 Å². The summed E-state index contributed by atoms with van der Waals surface area (Å²) >= 11 is 0. The molecule has 3 atom stereocenters. The smallest absolute Gasteiger partial charge is 0.157 e. The highest BCUT2D eigenvalue weighted by atomic mass is 28.3. The van der Waals surface area contributed by atoms with Gasteiger partial charge in [-0.3, -0.25) is 0 Å². The Bertz CT molecular complexity index is 978. The Morgan fingerprint density at radius 1 is 0.976 bits per heavy atom. The largest absolute Gasteiger partial charge is 0.497 e. The molecule has 0 amide bonds. The summed E-state index contributed by atoms with van der Waals surface area (Å²) in [7, 11) is -0.0777. The molecule has 1 N–H and O–H groups in total. The van der Waals surface area contributed by atoms with E-state index in [1.807, 2.05) is 42.5 Å². The second-order valence-electron chi connectivity index (χ2n) is 11.0. The summed E-state index contributed by atoms with van der Waals surface area (Å²) in [6.07, 6.45) is 5.58. The zero-order valence-corrected chi connectivity index (χ0v) is 26.7. The van der Waals surface area contributed by atoms with Crippen LogP contribution < -0.4 is 4.74 Å². The maximum atomic E-state index is 11.7. The highest BCUT2D eigenvalue weighted by Gasteiger charge is 2.34. The summed E-state index contributed by atoms with van der Waals surface area (Å²) in [5.41, 5.74) is 2.18. The third kappa shape index (κ3) is 11.0. The van der Waals surface area contributed by atoms with Crippen LogP contribution in [0, 0.1) is 0 Å². The molecule has 1 heterocycles. The van der Waals surface area contributed by atoms with Gasteiger partial charge in [-0.1, -0.05) is 92.6 Å². The Morgan fingerprint density at radius 3 is 2.32 bits per heavy atom. The van der Waals surface area contributed by atoms with Crippen LogP contribution in [-0.2, 0) is 32.2 Å². The summed E-state index contributed by atoms with van der Waals surface area (Å²) in [5, 5.41) is 13.1. The molecule has 1 unspecified atom stereocenters. The number of hydrogen-bond acceptors (Lipinski definition) is 6. The van der Waals surface area contributed by atoms with Crippen molar-refractivity contribution in [1.29, 1.82) is 0 Å². The van der Waals surface area contributed by atoms with E-state index in [1.54, 1.807) is 7.11 Å². The van der Waals surface area contributed by atoms with Gasteiger partial charge in [-0.15, -0.1) is 0 Å². The lowest BCUT2D eigenvalue weighted by atomic mass is 10.1. The van der Waals surface area contributed by atoms with Crippen LogP contribution in [0.25, 0.3) is 0 Å². The van der Waals surface area contributed by atoms with Crippen LogP contribution in [0.5, 0.6) is 5.75 Å². The van der Waals surface area contributed by atoms with Crippen molar-refractivity contribution in [2.24, 2.45) is 0 Å². The number of ether oxygens (including phenoxy) is 5. The molecule has 1 saturated heterocycles. The number of methoxy groups -OCH3 is 1. The minimum Gasteiger partial charge on any atom is -0.497 e. The second kappa shape index (κ2) is 18.5. The van der Waals surface area contributed by atoms with Gasteiger partial charge in [0.15, 0.2) is 6.29 Å². The number of benzene rings is 2. The van der Waals surface area contributed by atoms with Gasteiger partial charge in [0.25, 0.3) is 0 Å². The van der Waals surface area contributed by atoms with Crippen molar-refractivity contribution in [1.82, 2.24) is 0 Å². The third-order valence-corrected chi connectivity index (χ3v) is 14.4. The van der Waals surface area contributed by atoms with Crippen molar-refractivity contribution in [2.45, 2.75) is 103 Å². The zero-order chi connectivity index (χ0) is 29.3. The molecule has 1 fully saturated rings. The summed E-state index contributed by atoms with van der Waals surface area (Å²) in [6.45, 7) is 9.70. The Hall–Kier alpha value is -2.00. The van der Waals surface area contributed by atoms with Gasteiger partial charge in [0.1, 0.15) is 5.75 Å². The van der Waals surface area contributed by atoms with Crippen LogP contribution in [0.3, 0.4) is 0 Å². The minimum atomic E-state index is -1.74. The van der Waals surface area contributed by atoms with Gasteiger partial charge in [-0.05, 0) is 55.4 Å². The van der Waals surface area contributed by atoms with Crippen molar-refractivity contribution in [3.63, 3.8) is 0 Å². The van der Waals surface area contributed by atoms with Crippen molar-refractivity contribution >= 4 is 8.07 Å². The average Bonchev–Trinajstić information content (AvgIpc) is 3.03. The van der Waals surface area contributed by atoms with E-state index < -0.39 is 14.2 Å². The van der Waals surface area contributed by atoms with Crippen molar-refractivity contribution in [3.05, 3.63) is 77.0 Å². The van der Waals surface area contributed by atoms with Crippen molar-refractivity contribution in [3.8, 4) is 5.75 Å². The molecular formula is C34H52O6Si. The lowest BCUT2D eigenvalue weighted by Gasteiger charge is -2.34. The Balaban J connectivity index is 1.70. The quantitative estimate of drug-likeness (QED) is 0.137. The minimum absolute atomic E-state index is 0.116. The Labute approximate surface area is 249 Å². The van der Waals surface area contributed by atoms with Gasteiger partial charge < -0.3 is 28.8 Å². The summed E-state index contributed by atoms with van der Waals surface area (Å²) in [5.74, 6) is 0.815. The van der Waals surface area contributed by atoms with Gasteiger partial charge in [-0.2, -0.15) is 0 Å². The van der Waals surface area contributed by atoms with Crippen molar-refractivity contribution < 1.29 is 28.8 Å². The molecule has 0 spiro atoms. The SMILES string of the molecule is CC[Si](CC)(CC)/C(=C/COC1CCCCO1)C[C@H](O)[C@H](CCOCc1ccccc1)OCc1ccc(OC)cc1. The first-order valence-electron chi connectivity index (χ1n) is 15.5. The molecule has 0 radical (unpaired) electrons. The van der Waals surface area contributed by atoms with Crippen molar-refractivity contribution in [2.75, 3.05) is 26.9 Å². The van der Waals surface area contributed by atoms with Gasteiger partial charge in [0.05, 0.1) is 47.2 Å². The molecule has 7 heteroatoms. The first-order chi connectivity index (χ1) is 20.0. The molecule has 0 aromatic heterocycles. The van der Waals surface area contributed by atoms with Crippen LogP contribution >= 0.6 is 0 Å². The normalized spacial score (nSPS) is 17.8. The fourth-order valence-corrected chi connectivity index (χ4v) is 9.70. The molecule has 228 valence electrons. The van der Waals surface area contributed by atoms with Gasteiger partial charge >= 0.3 is 0 Å². The number of aliphatic hydroxyl groups is 1. The fourth-order valence-electron chi connectivity index (χ4n) is 5.68. The van der Waals surface area contributed by atoms with E-state index in [1.165, 1.54) is 5.20 Å². The maximum Gasteiger partial charge on any atom is 0.157 e. The lowest BCUT2D eigenvalue weighted by Crippen LogP contribution is -2.39. The van der Waals surface area contributed by atoms with Gasteiger partial charge in [0.2, 0.25) is 0 Å². The average molecular weight is 585 g/mol. The summed E-state index contributed by atoms with van der Waals surface area (Å²) < 4.78 is 29.6. The molecule has 3 rings (SSSR count). The van der Waals surface area contributed by atoms with Crippen LogP contribution in [-0.4, -0.2) is 58.6 Å². The predicted octanol–water partition coefficient (Wildman–Crippen LogP) is 7.46. The monoisotopic (exact) mass is 584 g/mol. The first-order valence-corrected chi connectivity index (χ1v) is 18.1. The van der Waals surface area contributed by atoms with Crippen LogP contribution in [0.4, 0.5) is 0 Å². The van der Waals surface area contributed by atoms with Crippen LogP contribution in [0.1, 0.15) is 64.0 Å². The number of aliphatic hydroxyl groups excluding tert-OH is 1. The van der Waals surface area contributed by atoms with Gasteiger partial charge in [0, 0.05) is 13.2 Å². The highest BCUT2D eigenvalue weighted by Crippen LogP contribution is 2.33. The number of rotatable bonds is 19. The van der Waals surface area contributed by atoms with E-state index in [9.17, 15) is 5.11 Å². The summed E-state index contributed by atoms with van der Waals surface area (Å²) in [6, 6.07) is 21.5. The Kier molecular flexibility index (Phi) is 15.1. The standard InChI is InChI=1S/C34H52O6Si/c1-5-41(6-2,7-3)31(20-24-39-34-15-11-12-22-38-34)25-32(35)33(21-23-37-26-28-13-9-8-10-14-28)40-27-29-16-18-30(36-4)19-17-29/h8-10,13-14,16-20,32-35H,5-7,11-12,15,21-27H2,1-4H3/b31-20+/t32-,33-,34?/m0/s1. The Morgan fingerprint density at radius 2 is 1.68 bits per heavy atom. The molecule has 0 aliphatic carbocycles. The predicted molar refractivity (Wildman–Crippen MR) is 168 cm³/mol. The molecule has 0 saturated carbocycles. The second-order valence-corrected chi connectivity index (χ2v) is 16.3. The fraction of sp³-hybridized carbons (Fsp3) is 0.588. The van der Waals surface area contributed by atoms with E-state index in [-0.39, 0.29) is 12.4 Å². The third-order valence-electron chi connectivity index (χ3n) is 8.60. The molecule has 2 aromatic carbocycles. The van der Waals surface area contributed by atoms with Crippen LogP contribution in [0.15, 0.2) is 65.9 Å². The topological polar surface area (TPSA) is 66.4 Å². The number of hydrogen-bond donors (Lipinski definition) is 1. The van der Waals surface area contributed by atoms with E-state index in [4.69, 9.17) is 23.7 Å². The molecule has 0 bridgehead atoms. The van der Waals surface area contributed by atoms with E-state index in [0.717, 1.165) is 60.9 Å². The lowest BCUT2D eigenvalue weighted by molar-refractivity contribution is -0.155. The molecule has 41 heavy (non-hydrogen) atoms. The van der Waals surface area contributed by atoms with E-state index in [0.29, 0.717) is 39.3 Å². The summed E-state index contributed by atoms with van der Waals surface area (Å²) in [4.78, 5) is 0. The zero-order valence-electron chi connectivity index (χ0n) is 25.7. The van der Waals surface area contributed by atoms with Crippen LogP contribution in [0.2, 0.25) is 18.1 Å². The molecular weight excluding hydrogens is 532 g/mol. The van der Waals surface area contributed by atoms with E-state index in [2.05, 4.69) is 39.0 Å².